The van der Waals surface area contributed by atoms with Crippen LogP contribution in [0.4, 0.5) is 0 Å². The molecule has 1 N–H and O–H groups in total. The van der Waals surface area contributed by atoms with E-state index in [9.17, 15) is 4.79 Å². The Balaban J connectivity index is 2.08. The van der Waals surface area contributed by atoms with Gasteiger partial charge in [-0.25, -0.2) is 4.98 Å². The monoisotopic (exact) mass is 317 g/mol. The van der Waals surface area contributed by atoms with E-state index in [1.165, 1.54) is 5.56 Å². The second-order valence-corrected chi connectivity index (χ2v) is 5.86. The predicted molar refractivity (Wildman–Crippen MR) is 95.6 cm³/mol. The molecule has 0 fully saturated rings. The SMILES string of the molecule is Cc1cccc(C#Cc2nc(C)n(-c3cc[nH]c(=O)c3C)c2C)c1. The quantitative estimate of drug-likeness (QED) is 0.701. The lowest BCUT2D eigenvalue weighted by Crippen LogP contribution is -2.13. The van der Waals surface area contributed by atoms with Gasteiger partial charge in [0.2, 0.25) is 0 Å². The van der Waals surface area contributed by atoms with Gasteiger partial charge in [-0.3, -0.25) is 9.36 Å². The zero-order valence-electron chi connectivity index (χ0n) is 14.3. The number of benzene rings is 1. The predicted octanol–water partition coefficient (Wildman–Crippen LogP) is 3.19. The lowest BCUT2D eigenvalue weighted by molar-refractivity contribution is 0.920. The molecule has 0 aliphatic heterocycles. The summed E-state index contributed by atoms with van der Waals surface area (Å²) >= 11 is 0. The minimum atomic E-state index is -0.0904. The van der Waals surface area contributed by atoms with E-state index in [-0.39, 0.29) is 5.56 Å². The number of hydrogen-bond acceptors (Lipinski definition) is 2. The molecule has 0 saturated carbocycles. The molecule has 0 spiro atoms. The van der Waals surface area contributed by atoms with Crippen molar-refractivity contribution < 1.29 is 0 Å². The largest absolute Gasteiger partial charge is 0.329 e. The summed E-state index contributed by atoms with van der Waals surface area (Å²) in [5.74, 6) is 7.14. The molecule has 24 heavy (non-hydrogen) atoms. The summed E-state index contributed by atoms with van der Waals surface area (Å²) in [6, 6.07) is 9.96. The molecule has 2 aromatic heterocycles. The first-order valence-corrected chi connectivity index (χ1v) is 7.80. The second kappa shape index (κ2) is 6.21. The smallest absolute Gasteiger partial charge is 0.252 e. The first-order chi connectivity index (χ1) is 11.5. The molecule has 0 amide bonds. The van der Waals surface area contributed by atoms with Crippen molar-refractivity contribution in [3.05, 3.63) is 80.8 Å². The maximum Gasteiger partial charge on any atom is 0.252 e. The molecular weight excluding hydrogens is 298 g/mol. The van der Waals surface area contributed by atoms with Crippen LogP contribution in [0.15, 0.2) is 41.3 Å². The molecule has 3 rings (SSSR count). The van der Waals surface area contributed by atoms with Crippen molar-refractivity contribution in [3.8, 4) is 17.5 Å². The number of hydrogen-bond donors (Lipinski definition) is 1. The van der Waals surface area contributed by atoms with Crippen LogP contribution in [0.1, 0.15) is 33.9 Å². The maximum atomic E-state index is 11.9. The highest BCUT2D eigenvalue weighted by Gasteiger charge is 2.13. The molecule has 1 aromatic carbocycles. The Morgan fingerprint density at radius 2 is 1.88 bits per heavy atom. The Hall–Kier alpha value is -3.06. The van der Waals surface area contributed by atoms with Crippen LogP contribution >= 0.6 is 0 Å². The van der Waals surface area contributed by atoms with E-state index < -0.39 is 0 Å². The van der Waals surface area contributed by atoms with Crippen LogP contribution in [-0.4, -0.2) is 14.5 Å². The van der Waals surface area contributed by atoms with Gasteiger partial charge in [-0.2, -0.15) is 0 Å². The molecule has 4 heteroatoms. The maximum absolute atomic E-state index is 11.9. The zero-order chi connectivity index (χ0) is 17.3. The van der Waals surface area contributed by atoms with Gasteiger partial charge in [-0.1, -0.05) is 18.1 Å². The number of nitrogens with one attached hydrogen (secondary N) is 1. The second-order valence-electron chi connectivity index (χ2n) is 5.86. The Kier molecular flexibility index (Phi) is 4.09. The summed E-state index contributed by atoms with van der Waals surface area (Å²) in [4.78, 5) is 19.1. The first-order valence-electron chi connectivity index (χ1n) is 7.80. The van der Waals surface area contributed by atoms with Crippen molar-refractivity contribution in [1.29, 1.82) is 0 Å². The Labute approximate surface area is 141 Å². The third kappa shape index (κ3) is 2.89. The minimum Gasteiger partial charge on any atom is -0.329 e. The highest BCUT2D eigenvalue weighted by Crippen LogP contribution is 2.18. The van der Waals surface area contributed by atoms with Gasteiger partial charge in [0, 0.05) is 17.3 Å². The molecule has 4 nitrogen and oxygen atoms in total. The van der Waals surface area contributed by atoms with Crippen molar-refractivity contribution in [2.24, 2.45) is 0 Å². The summed E-state index contributed by atoms with van der Waals surface area (Å²) in [5.41, 5.74) is 5.22. The third-order valence-electron chi connectivity index (χ3n) is 4.04. The summed E-state index contributed by atoms with van der Waals surface area (Å²) in [7, 11) is 0. The van der Waals surface area contributed by atoms with E-state index in [1.807, 2.05) is 62.6 Å². The number of aromatic amines is 1. The normalized spacial score (nSPS) is 10.3. The number of imidazole rings is 1. The van der Waals surface area contributed by atoms with Crippen molar-refractivity contribution in [2.75, 3.05) is 0 Å². The molecule has 3 aromatic rings. The van der Waals surface area contributed by atoms with Crippen LogP contribution in [0.2, 0.25) is 0 Å². The molecule has 0 radical (unpaired) electrons. The minimum absolute atomic E-state index is 0.0904. The topological polar surface area (TPSA) is 50.7 Å². The van der Waals surface area contributed by atoms with Crippen LogP contribution in [0.5, 0.6) is 0 Å². The number of rotatable bonds is 1. The molecule has 0 bridgehead atoms. The van der Waals surface area contributed by atoms with Crippen LogP contribution in [0, 0.1) is 39.5 Å². The number of aromatic nitrogens is 3. The fourth-order valence-corrected chi connectivity index (χ4v) is 2.76. The van der Waals surface area contributed by atoms with Crippen molar-refractivity contribution in [1.82, 2.24) is 14.5 Å². The Morgan fingerprint density at radius 1 is 1.08 bits per heavy atom. The van der Waals surface area contributed by atoms with E-state index in [4.69, 9.17) is 0 Å². The fraction of sp³-hybridized carbons (Fsp3) is 0.200. The molecule has 0 saturated heterocycles. The van der Waals surface area contributed by atoms with Crippen LogP contribution in [0.3, 0.4) is 0 Å². The molecule has 0 aliphatic rings. The van der Waals surface area contributed by atoms with Crippen molar-refractivity contribution in [3.63, 3.8) is 0 Å². The third-order valence-corrected chi connectivity index (χ3v) is 4.04. The molecule has 2 heterocycles. The van der Waals surface area contributed by atoms with E-state index in [0.717, 1.165) is 28.5 Å². The highest BCUT2D eigenvalue weighted by atomic mass is 16.1. The van der Waals surface area contributed by atoms with Crippen LogP contribution in [-0.2, 0) is 0 Å². The van der Waals surface area contributed by atoms with Gasteiger partial charge in [-0.15, -0.1) is 0 Å². The van der Waals surface area contributed by atoms with Crippen LogP contribution in [0.25, 0.3) is 5.69 Å². The van der Waals surface area contributed by atoms with E-state index in [1.54, 1.807) is 6.20 Å². The molecule has 0 unspecified atom stereocenters. The van der Waals surface area contributed by atoms with Gasteiger partial charge in [0.1, 0.15) is 11.5 Å². The van der Waals surface area contributed by atoms with Crippen molar-refractivity contribution >= 4 is 0 Å². The zero-order valence-corrected chi connectivity index (χ0v) is 14.3. The standard InChI is InChI=1S/C20H19N3O/c1-13-6-5-7-17(12-13)8-9-18-15(3)23(16(4)22-18)19-10-11-21-20(24)14(19)2/h5-7,10-12H,1-4H3,(H,21,24). The number of nitrogens with zero attached hydrogens (tertiary/aromatic N) is 2. The highest BCUT2D eigenvalue weighted by molar-refractivity contribution is 5.47. The molecular formula is C20H19N3O. The summed E-state index contributed by atoms with van der Waals surface area (Å²) in [5, 5.41) is 0. The molecule has 120 valence electrons. The van der Waals surface area contributed by atoms with Gasteiger partial charge in [0.15, 0.2) is 0 Å². The Bertz CT molecular complexity index is 1030. The van der Waals surface area contributed by atoms with Gasteiger partial charge >= 0.3 is 0 Å². The van der Waals surface area contributed by atoms with Gasteiger partial charge in [-0.05, 0) is 57.4 Å². The van der Waals surface area contributed by atoms with E-state index >= 15 is 0 Å². The number of pyridine rings is 1. The van der Waals surface area contributed by atoms with E-state index in [2.05, 4.69) is 21.8 Å². The lowest BCUT2D eigenvalue weighted by atomic mass is 10.1. The number of aryl methyl sites for hydroxylation is 2. The molecule has 0 aliphatic carbocycles. The van der Waals surface area contributed by atoms with Gasteiger partial charge in [0.05, 0.1) is 11.4 Å². The lowest BCUT2D eigenvalue weighted by Gasteiger charge is -2.09. The van der Waals surface area contributed by atoms with Gasteiger partial charge < -0.3 is 4.98 Å². The Morgan fingerprint density at radius 3 is 2.62 bits per heavy atom. The first kappa shape index (κ1) is 15.8. The van der Waals surface area contributed by atoms with Gasteiger partial charge in [0.25, 0.3) is 5.56 Å². The molecule has 0 atom stereocenters. The summed E-state index contributed by atoms with van der Waals surface area (Å²) in [6.07, 6.45) is 1.65. The van der Waals surface area contributed by atoms with Crippen molar-refractivity contribution in [2.45, 2.75) is 27.7 Å². The average molecular weight is 317 g/mol. The summed E-state index contributed by atoms with van der Waals surface area (Å²) < 4.78 is 1.98. The summed E-state index contributed by atoms with van der Waals surface area (Å²) in [6.45, 7) is 7.75. The number of H-pyrrole nitrogens is 1. The van der Waals surface area contributed by atoms with E-state index in [0.29, 0.717) is 5.56 Å². The van der Waals surface area contributed by atoms with Crippen LogP contribution < -0.4 is 5.56 Å². The average Bonchev–Trinajstić information content (AvgIpc) is 2.83. The fourth-order valence-electron chi connectivity index (χ4n) is 2.76.